The molecule has 0 N–H and O–H groups in total. The molecule has 2 aromatic heterocycles. The molecule has 2 saturated heterocycles. The van der Waals surface area contributed by atoms with Gasteiger partial charge in [0.15, 0.2) is 17.5 Å². The number of fused-ring (bicyclic) bond motifs is 3. The second-order valence-corrected chi connectivity index (χ2v) is 9.40. The molecule has 33 heavy (non-hydrogen) atoms. The quantitative estimate of drug-likeness (QED) is 0.582. The summed E-state index contributed by atoms with van der Waals surface area (Å²) < 4.78 is 22.0. The lowest BCUT2D eigenvalue weighted by atomic mass is 9.95. The summed E-state index contributed by atoms with van der Waals surface area (Å²) in [6.07, 6.45) is 5.34. The lowest BCUT2D eigenvalue weighted by Gasteiger charge is -2.32. The zero-order valence-electron chi connectivity index (χ0n) is 18.2. The van der Waals surface area contributed by atoms with E-state index in [-0.39, 0.29) is 11.7 Å². The molecule has 0 saturated carbocycles. The predicted octanol–water partition coefficient (Wildman–Crippen LogP) is 3.34. The summed E-state index contributed by atoms with van der Waals surface area (Å²) >= 11 is 6.38. The van der Waals surface area contributed by atoms with Crippen molar-refractivity contribution >= 4 is 17.4 Å². The van der Waals surface area contributed by atoms with Gasteiger partial charge in [0.05, 0.1) is 25.0 Å². The topological polar surface area (TPSA) is 72.2 Å². The van der Waals surface area contributed by atoms with Crippen LogP contribution in [-0.4, -0.2) is 62.0 Å². The summed E-state index contributed by atoms with van der Waals surface area (Å²) in [7, 11) is 0. The number of anilines is 1. The molecule has 0 spiro atoms. The van der Waals surface area contributed by atoms with Crippen molar-refractivity contribution in [3.05, 3.63) is 58.8 Å². The standard InChI is InChI=1S/C23H25ClFN7O/c24-17-1-2-20-16(9-17)11-31(18-5-8-33-13-18)12-21-28-29-22(32(20)21)15-3-6-30(7-4-15)23-19(25)10-26-14-27-23/h1-2,9-10,14-15,18H,3-8,11-13H2/t18-/m1/s1. The van der Waals surface area contributed by atoms with E-state index in [1.54, 1.807) is 0 Å². The number of halogens is 2. The van der Waals surface area contributed by atoms with Gasteiger partial charge in [0.2, 0.25) is 0 Å². The van der Waals surface area contributed by atoms with Crippen LogP contribution in [0.3, 0.4) is 0 Å². The van der Waals surface area contributed by atoms with Gasteiger partial charge in [0.25, 0.3) is 0 Å². The molecule has 0 bridgehead atoms. The molecule has 1 atom stereocenters. The highest BCUT2D eigenvalue weighted by molar-refractivity contribution is 6.30. The van der Waals surface area contributed by atoms with E-state index < -0.39 is 0 Å². The van der Waals surface area contributed by atoms with Crippen LogP contribution in [0.1, 0.15) is 42.4 Å². The molecule has 3 aliphatic heterocycles. The van der Waals surface area contributed by atoms with Crippen LogP contribution in [0.4, 0.5) is 10.2 Å². The summed E-state index contributed by atoms with van der Waals surface area (Å²) in [6, 6.07) is 6.44. The van der Waals surface area contributed by atoms with Gasteiger partial charge in [-0.3, -0.25) is 9.47 Å². The Bertz CT molecular complexity index is 1160. The van der Waals surface area contributed by atoms with Crippen molar-refractivity contribution in [3.8, 4) is 5.69 Å². The van der Waals surface area contributed by atoms with Gasteiger partial charge in [-0.2, -0.15) is 0 Å². The van der Waals surface area contributed by atoms with E-state index in [0.717, 1.165) is 67.9 Å². The molecule has 2 fully saturated rings. The molecule has 172 valence electrons. The normalized spacial score (nSPS) is 21.6. The van der Waals surface area contributed by atoms with Crippen LogP contribution in [0.15, 0.2) is 30.7 Å². The van der Waals surface area contributed by atoms with E-state index in [2.05, 4.69) is 41.8 Å². The zero-order chi connectivity index (χ0) is 22.4. The Labute approximate surface area is 196 Å². The Hall–Kier alpha value is -2.62. The van der Waals surface area contributed by atoms with Gasteiger partial charge in [-0.05, 0) is 43.0 Å². The van der Waals surface area contributed by atoms with Crippen LogP contribution in [0.5, 0.6) is 0 Å². The van der Waals surface area contributed by atoms with E-state index in [1.165, 1.54) is 18.1 Å². The number of hydrogen-bond acceptors (Lipinski definition) is 7. The van der Waals surface area contributed by atoms with Crippen molar-refractivity contribution in [3.63, 3.8) is 0 Å². The van der Waals surface area contributed by atoms with E-state index >= 15 is 0 Å². The van der Waals surface area contributed by atoms with E-state index in [0.29, 0.717) is 24.9 Å². The molecule has 0 amide bonds. The minimum absolute atomic E-state index is 0.234. The van der Waals surface area contributed by atoms with Crippen LogP contribution in [-0.2, 0) is 17.8 Å². The summed E-state index contributed by atoms with van der Waals surface area (Å²) in [5.74, 6) is 2.15. The molecular weight excluding hydrogens is 445 g/mol. The first-order chi connectivity index (χ1) is 16.2. The third-order valence-electron chi connectivity index (χ3n) is 6.99. The highest BCUT2D eigenvalue weighted by Crippen LogP contribution is 2.35. The van der Waals surface area contributed by atoms with Gasteiger partial charge in [-0.1, -0.05) is 11.6 Å². The molecule has 3 aliphatic rings. The molecule has 3 aromatic rings. The largest absolute Gasteiger partial charge is 0.380 e. The Morgan fingerprint density at radius 1 is 1.09 bits per heavy atom. The summed E-state index contributed by atoms with van der Waals surface area (Å²) in [5, 5.41) is 10.0. The van der Waals surface area contributed by atoms with Gasteiger partial charge in [0.1, 0.15) is 12.2 Å². The van der Waals surface area contributed by atoms with Gasteiger partial charge in [0, 0.05) is 43.2 Å². The maximum absolute atomic E-state index is 14.2. The van der Waals surface area contributed by atoms with Crippen LogP contribution in [0.2, 0.25) is 5.02 Å². The van der Waals surface area contributed by atoms with Crippen LogP contribution >= 0.6 is 11.6 Å². The first-order valence-electron chi connectivity index (χ1n) is 11.4. The SMILES string of the molecule is Fc1cncnc1N1CCC(c2nnc3n2-c2ccc(Cl)cc2CN([C@@H]2CCOC2)C3)CC1. The van der Waals surface area contributed by atoms with E-state index in [1.807, 2.05) is 11.0 Å². The van der Waals surface area contributed by atoms with Gasteiger partial charge >= 0.3 is 0 Å². The monoisotopic (exact) mass is 469 g/mol. The fourth-order valence-corrected chi connectivity index (χ4v) is 5.47. The number of piperidine rings is 1. The third-order valence-corrected chi connectivity index (χ3v) is 7.22. The number of aromatic nitrogens is 5. The second-order valence-electron chi connectivity index (χ2n) is 8.96. The molecule has 10 heteroatoms. The van der Waals surface area contributed by atoms with E-state index in [9.17, 15) is 4.39 Å². The van der Waals surface area contributed by atoms with Gasteiger partial charge in [-0.15, -0.1) is 10.2 Å². The lowest BCUT2D eigenvalue weighted by molar-refractivity contribution is 0.133. The third kappa shape index (κ3) is 3.88. The number of ether oxygens (including phenoxy) is 1. The average Bonchev–Trinajstić information content (AvgIpc) is 3.47. The Morgan fingerprint density at radius 3 is 2.76 bits per heavy atom. The predicted molar refractivity (Wildman–Crippen MR) is 121 cm³/mol. The smallest absolute Gasteiger partial charge is 0.183 e. The van der Waals surface area contributed by atoms with E-state index in [4.69, 9.17) is 16.3 Å². The van der Waals surface area contributed by atoms with Crippen LogP contribution < -0.4 is 4.90 Å². The number of hydrogen-bond donors (Lipinski definition) is 0. The zero-order valence-corrected chi connectivity index (χ0v) is 19.0. The fraction of sp³-hybridized carbons (Fsp3) is 0.478. The van der Waals surface area contributed by atoms with Crippen molar-refractivity contribution in [2.75, 3.05) is 31.2 Å². The number of nitrogens with zero attached hydrogens (tertiary/aromatic N) is 7. The Kier molecular flexibility index (Phi) is 5.48. The molecular formula is C23H25ClFN7O. The molecule has 0 unspecified atom stereocenters. The van der Waals surface area contributed by atoms with Crippen molar-refractivity contribution in [1.29, 1.82) is 0 Å². The second kappa shape index (κ2) is 8.62. The van der Waals surface area contributed by atoms with Crippen LogP contribution in [0, 0.1) is 5.82 Å². The maximum atomic E-state index is 14.2. The minimum Gasteiger partial charge on any atom is -0.380 e. The van der Waals surface area contributed by atoms with Gasteiger partial charge < -0.3 is 9.64 Å². The average molecular weight is 470 g/mol. The summed E-state index contributed by atoms with van der Waals surface area (Å²) in [6.45, 7) is 4.48. The van der Waals surface area contributed by atoms with Crippen molar-refractivity contribution < 1.29 is 9.13 Å². The first kappa shape index (κ1) is 20.9. The summed E-state index contributed by atoms with van der Waals surface area (Å²) in [4.78, 5) is 12.3. The molecule has 0 aliphatic carbocycles. The lowest BCUT2D eigenvalue weighted by Crippen LogP contribution is -2.35. The highest BCUT2D eigenvalue weighted by Gasteiger charge is 2.33. The maximum Gasteiger partial charge on any atom is 0.183 e. The molecule has 6 rings (SSSR count). The first-order valence-corrected chi connectivity index (χ1v) is 11.8. The Balaban J connectivity index is 1.31. The van der Waals surface area contributed by atoms with Crippen LogP contribution in [0.25, 0.3) is 5.69 Å². The van der Waals surface area contributed by atoms with Crippen molar-refractivity contribution in [1.82, 2.24) is 29.6 Å². The minimum atomic E-state index is -0.380. The molecule has 0 radical (unpaired) electrons. The van der Waals surface area contributed by atoms with Crippen molar-refractivity contribution in [2.45, 2.75) is 44.3 Å². The molecule has 1 aromatic carbocycles. The highest BCUT2D eigenvalue weighted by atomic mass is 35.5. The van der Waals surface area contributed by atoms with Crippen molar-refractivity contribution in [2.24, 2.45) is 0 Å². The molecule has 8 nitrogen and oxygen atoms in total. The number of benzene rings is 1. The summed E-state index contributed by atoms with van der Waals surface area (Å²) in [5.41, 5.74) is 2.27. The Morgan fingerprint density at radius 2 is 1.97 bits per heavy atom. The van der Waals surface area contributed by atoms with Gasteiger partial charge in [-0.25, -0.2) is 14.4 Å². The fourth-order valence-electron chi connectivity index (χ4n) is 5.27. The molecule has 5 heterocycles. The number of rotatable bonds is 3.